The molecule has 2 heterocycles. The van der Waals surface area contributed by atoms with Crippen molar-refractivity contribution in [2.24, 2.45) is 0 Å². The van der Waals surface area contributed by atoms with Crippen molar-refractivity contribution in [2.75, 3.05) is 0 Å². The molecule has 1 aliphatic rings. The first kappa shape index (κ1) is 16.4. The number of piperidine rings is 1. The number of sulfonamides is 1. The van der Waals surface area contributed by atoms with Crippen molar-refractivity contribution in [3.63, 3.8) is 0 Å². The molecule has 3 rings (SSSR count). The van der Waals surface area contributed by atoms with Crippen LogP contribution in [0.2, 0.25) is 5.02 Å². The van der Waals surface area contributed by atoms with E-state index in [1.807, 2.05) is 0 Å². The van der Waals surface area contributed by atoms with E-state index in [9.17, 15) is 13.2 Å². The monoisotopic (exact) mass is 370 g/mol. The van der Waals surface area contributed by atoms with Crippen LogP contribution in [0.5, 0.6) is 0 Å². The number of amides is 1. The van der Waals surface area contributed by atoms with E-state index in [0.29, 0.717) is 29.1 Å². The molecular weight excluding hydrogens is 356 g/mol. The van der Waals surface area contributed by atoms with Crippen molar-refractivity contribution < 1.29 is 13.2 Å². The van der Waals surface area contributed by atoms with Crippen LogP contribution in [0.25, 0.3) is 10.1 Å². The van der Waals surface area contributed by atoms with Gasteiger partial charge in [0.25, 0.3) is 10.0 Å². The van der Waals surface area contributed by atoms with Crippen LogP contribution in [0.1, 0.15) is 18.4 Å². The first-order valence-corrected chi connectivity index (χ1v) is 9.65. The number of carbonyl (C=O) groups excluding carboxylic acids is 1. The molecule has 1 aromatic heterocycles. The molecule has 23 heavy (non-hydrogen) atoms. The molecule has 0 radical (unpaired) electrons. The standard InChI is InChI=1S/C15H15ClN2O3S2/c1-8-3-5-12(14(19)17-8)18-23(20,21)15-9(2)11-7-10(16)4-6-13(11)22-15/h4,6-7,12,18H,1,3,5H2,2H3,(H,17,19). The minimum Gasteiger partial charge on any atom is -0.329 e. The lowest BCUT2D eigenvalue weighted by molar-refractivity contribution is -0.123. The molecule has 1 aromatic carbocycles. The zero-order chi connectivity index (χ0) is 16.8. The van der Waals surface area contributed by atoms with Crippen LogP contribution in [-0.2, 0) is 14.8 Å². The third-order valence-corrected chi connectivity index (χ3v) is 7.35. The average Bonchev–Trinajstić information content (AvgIpc) is 2.80. The van der Waals surface area contributed by atoms with Gasteiger partial charge in [-0.05, 0) is 48.9 Å². The lowest BCUT2D eigenvalue weighted by atomic mass is 10.1. The van der Waals surface area contributed by atoms with Crippen LogP contribution >= 0.6 is 22.9 Å². The second-order valence-corrected chi connectivity index (χ2v) is 8.86. The second kappa shape index (κ2) is 5.90. The van der Waals surface area contributed by atoms with Crippen LogP contribution in [0.3, 0.4) is 0 Å². The third-order valence-electron chi connectivity index (χ3n) is 3.75. The summed E-state index contributed by atoms with van der Waals surface area (Å²) in [6, 6.07) is 4.49. The SMILES string of the molecule is C=C1CCC(NS(=O)(=O)c2sc3ccc(Cl)cc3c2C)C(=O)N1. The Morgan fingerprint density at radius 1 is 1.43 bits per heavy atom. The molecule has 1 amide bonds. The normalized spacial score (nSPS) is 19.1. The molecule has 2 N–H and O–H groups in total. The van der Waals surface area contributed by atoms with Crippen LogP contribution in [0.4, 0.5) is 0 Å². The van der Waals surface area contributed by atoms with Gasteiger partial charge in [-0.1, -0.05) is 18.2 Å². The van der Waals surface area contributed by atoms with E-state index in [2.05, 4.69) is 16.6 Å². The van der Waals surface area contributed by atoms with Gasteiger partial charge in [0.1, 0.15) is 10.3 Å². The van der Waals surface area contributed by atoms with Gasteiger partial charge in [-0.2, -0.15) is 4.72 Å². The molecule has 0 aliphatic carbocycles. The Balaban J connectivity index is 1.95. The molecule has 2 aromatic rings. The smallest absolute Gasteiger partial charge is 0.251 e. The number of halogens is 1. The van der Waals surface area contributed by atoms with Gasteiger partial charge in [0.2, 0.25) is 5.91 Å². The maximum atomic E-state index is 12.7. The summed E-state index contributed by atoms with van der Waals surface area (Å²) in [4.78, 5) is 11.9. The van der Waals surface area contributed by atoms with Gasteiger partial charge in [0.05, 0.1) is 0 Å². The summed E-state index contributed by atoms with van der Waals surface area (Å²) in [5, 5.41) is 3.94. The van der Waals surface area contributed by atoms with Crippen molar-refractivity contribution >= 4 is 49.0 Å². The highest BCUT2D eigenvalue weighted by atomic mass is 35.5. The first-order chi connectivity index (χ1) is 10.8. The summed E-state index contributed by atoms with van der Waals surface area (Å²) < 4.78 is 28.9. The fraction of sp³-hybridized carbons (Fsp3) is 0.267. The van der Waals surface area contributed by atoms with Gasteiger partial charge in [-0.3, -0.25) is 4.79 Å². The van der Waals surface area contributed by atoms with E-state index in [0.717, 1.165) is 10.1 Å². The van der Waals surface area contributed by atoms with Gasteiger partial charge in [-0.25, -0.2) is 8.42 Å². The second-order valence-electron chi connectivity index (χ2n) is 5.46. The molecule has 1 fully saturated rings. The van der Waals surface area contributed by atoms with Crippen LogP contribution in [0, 0.1) is 6.92 Å². The van der Waals surface area contributed by atoms with E-state index in [1.54, 1.807) is 25.1 Å². The number of benzene rings is 1. The molecule has 0 saturated carbocycles. The quantitative estimate of drug-likeness (QED) is 0.872. The van der Waals surface area contributed by atoms with Crippen LogP contribution < -0.4 is 10.0 Å². The molecule has 0 spiro atoms. The van der Waals surface area contributed by atoms with E-state index in [1.165, 1.54) is 11.3 Å². The van der Waals surface area contributed by atoms with Gasteiger partial charge in [0, 0.05) is 15.4 Å². The van der Waals surface area contributed by atoms with Crippen molar-refractivity contribution in [1.29, 1.82) is 0 Å². The van der Waals surface area contributed by atoms with Crippen molar-refractivity contribution in [3.05, 3.63) is 41.1 Å². The topological polar surface area (TPSA) is 75.3 Å². The molecule has 1 atom stereocenters. The number of nitrogens with one attached hydrogen (secondary N) is 2. The Hall–Kier alpha value is -1.41. The highest BCUT2D eigenvalue weighted by Crippen LogP contribution is 2.35. The molecule has 1 unspecified atom stereocenters. The fourth-order valence-corrected chi connectivity index (χ4v) is 5.72. The average molecular weight is 371 g/mol. The van der Waals surface area contributed by atoms with Crippen molar-refractivity contribution in [1.82, 2.24) is 10.0 Å². The minimum atomic E-state index is -3.78. The van der Waals surface area contributed by atoms with Crippen LogP contribution in [0.15, 0.2) is 34.7 Å². The van der Waals surface area contributed by atoms with E-state index >= 15 is 0 Å². The summed E-state index contributed by atoms with van der Waals surface area (Å²) in [6.07, 6.45) is 0.958. The Kier molecular flexibility index (Phi) is 4.22. The van der Waals surface area contributed by atoms with Crippen molar-refractivity contribution in [2.45, 2.75) is 30.0 Å². The number of carbonyl (C=O) groups is 1. The van der Waals surface area contributed by atoms with Gasteiger partial charge in [-0.15, -0.1) is 11.3 Å². The Labute approximate surface area is 143 Å². The first-order valence-electron chi connectivity index (χ1n) is 6.97. The number of fused-ring (bicyclic) bond motifs is 1. The minimum absolute atomic E-state index is 0.215. The van der Waals surface area contributed by atoms with Gasteiger partial charge in [0.15, 0.2) is 0 Å². The number of allylic oxidation sites excluding steroid dienone is 1. The maximum absolute atomic E-state index is 12.7. The predicted molar refractivity (Wildman–Crippen MR) is 92.2 cm³/mol. The number of aryl methyl sites for hydroxylation is 1. The number of rotatable bonds is 3. The number of thiophene rings is 1. The summed E-state index contributed by atoms with van der Waals surface area (Å²) in [7, 11) is -3.78. The molecule has 5 nitrogen and oxygen atoms in total. The molecule has 8 heteroatoms. The van der Waals surface area contributed by atoms with E-state index in [-0.39, 0.29) is 10.1 Å². The Morgan fingerprint density at radius 3 is 2.87 bits per heavy atom. The third kappa shape index (κ3) is 3.14. The van der Waals surface area contributed by atoms with E-state index < -0.39 is 16.1 Å². The Morgan fingerprint density at radius 2 is 2.17 bits per heavy atom. The Bertz CT molecular complexity index is 918. The maximum Gasteiger partial charge on any atom is 0.251 e. The predicted octanol–water partition coefficient (Wildman–Crippen LogP) is 2.93. The summed E-state index contributed by atoms with van der Waals surface area (Å²) in [6.45, 7) is 5.43. The summed E-state index contributed by atoms with van der Waals surface area (Å²) >= 11 is 7.15. The highest BCUT2D eigenvalue weighted by molar-refractivity contribution is 7.91. The van der Waals surface area contributed by atoms with Crippen LogP contribution in [-0.4, -0.2) is 20.4 Å². The summed E-state index contributed by atoms with van der Waals surface area (Å²) in [5.74, 6) is -0.369. The zero-order valence-electron chi connectivity index (χ0n) is 12.3. The summed E-state index contributed by atoms with van der Waals surface area (Å²) in [5.41, 5.74) is 1.25. The molecular formula is C15H15ClN2O3S2. The lowest BCUT2D eigenvalue weighted by Crippen LogP contribution is -2.49. The van der Waals surface area contributed by atoms with Gasteiger partial charge >= 0.3 is 0 Å². The zero-order valence-corrected chi connectivity index (χ0v) is 14.7. The largest absolute Gasteiger partial charge is 0.329 e. The molecule has 1 saturated heterocycles. The highest BCUT2D eigenvalue weighted by Gasteiger charge is 2.31. The van der Waals surface area contributed by atoms with Crippen molar-refractivity contribution in [3.8, 4) is 0 Å². The number of hydrogen-bond donors (Lipinski definition) is 2. The lowest BCUT2D eigenvalue weighted by Gasteiger charge is -2.23. The molecule has 1 aliphatic heterocycles. The molecule has 0 bridgehead atoms. The fourth-order valence-electron chi connectivity index (χ4n) is 2.55. The van der Waals surface area contributed by atoms with Gasteiger partial charge < -0.3 is 5.32 Å². The van der Waals surface area contributed by atoms with E-state index in [4.69, 9.17) is 11.6 Å². The molecule has 122 valence electrons. The number of hydrogen-bond acceptors (Lipinski definition) is 4.